The van der Waals surface area contributed by atoms with Gasteiger partial charge in [0.1, 0.15) is 0 Å². The van der Waals surface area contributed by atoms with Gasteiger partial charge in [0.05, 0.1) is 28.3 Å². The van der Waals surface area contributed by atoms with Gasteiger partial charge in [-0.2, -0.15) is 0 Å². The Morgan fingerprint density at radius 2 is 1.90 bits per heavy atom. The first-order valence-corrected chi connectivity index (χ1v) is 2.97. The van der Waals surface area contributed by atoms with Crippen LogP contribution in [-0.2, 0) is 9.47 Å². The summed E-state index contributed by atoms with van der Waals surface area (Å²) in [5, 5.41) is 0. The standard InChI is InChI=1S/C6H14NO3/c1-7(2,3)5-10-6(8)9-4/h5H2,1-4H3/q+1. The number of quaternary nitrogens is 1. The van der Waals surface area contributed by atoms with Crippen molar-refractivity contribution in [2.75, 3.05) is 35.0 Å². The molecule has 0 aliphatic heterocycles. The molecule has 0 unspecified atom stereocenters. The first-order chi connectivity index (χ1) is 4.45. The maximum atomic E-state index is 10.4. The summed E-state index contributed by atoms with van der Waals surface area (Å²) in [6.45, 7) is 0.326. The molecule has 4 heteroatoms. The van der Waals surface area contributed by atoms with Gasteiger partial charge in [0.2, 0.25) is 6.73 Å². The second-order valence-corrected chi connectivity index (χ2v) is 3.02. The van der Waals surface area contributed by atoms with Crippen LogP contribution in [0, 0.1) is 0 Å². The summed E-state index contributed by atoms with van der Waals surface area (Å²) < 4.78 is 9.52. The summed E-state index contributed by atoms with van der Waals surface area (Å²) >= 11 is 0. The van der Waals surface area contributed by atoms with Gasteiger partial charge in [-0.05, 0) is 0 Å². The highest BCUT2D eigenvalue weighted by molar-refractivity contribution is 5.59. The molecule has 0 fully saturated rings. The number of carbonyl (C=O) groups excluding carboxylic acids is 1. The minimum Gasteiger partial charge on any atom is -0.437 e. The van der Waals surface area contributed by atoms with Crippen molar-refractivity contribution >= 4 is 6.16 Å². The molecule has 0 radical (unpaired) electrons. The summed E-state index contributed by atoms with van der Waals surface area (Å²) in [6, 6.07) is 0. The van der Waals surface area contributed by atoms with Crippen LogP contribution >= 0.6 is 0 Å². The quantitative estimate of drug-likeness (QED) is 0.323. The topological polar surface area (TPSA) is 35.5 Å². The van der Waals surface area contributed by atoms with Crippen LogP contribution in [-0.4, -0.2) is 45.6 Å². The van der Waals surface area contributed by atoms with Crippen LogP contribution in [0.2, 0.25) is 0 Å². The number of rotatable bonds is 2. The third-order valence-corrected chi connectivity index (χ3v) is 0.736. The Labute approximate surface area is 60.9 Å². The van der Waals surface area contributed by atoms with Crippen molar-refractivity contribution in [3.63, 3.8) is 0 Å². The highest BCUT2D eigenvalue weighted by Crippen LogP contribution is 1.91. The molecule has 0 bridgehead atoms. The number of carbonyl (C=O) groups is 1. The predicted molar refractivity (Wildman–Crippen MR) is 36.4 cm³/mol. The van der Waals surface area contributed by atoms with Crippen molar-refractivity contribution in [1.29, 1.82) is 0 Å². The Morgan fingerprint density at radius 3 is 2.20 bits per heavy atom. The molecular formula is C6H14NO3+. The van der Waals surface area contributed by atoms with Crippen molar-refractivity contribution in [3.8, 4) is 0 Å². The number of ether oxygens (including phenoxy) is 2. The zero-order valence-corrected chi connectivity index (χ0v) is 6.88. The second-order valence-electron chi connectivity index (χ2n) is 3.02. The fourth-order valence-corrected chi connectivity index (χ4v) is 0.305. The molecule has 0 rings (SSSR count). The molecule has 0 heterocycles. The Balaban J connectivity index is 3.46. The maximum absolute atomic E-state index is 10.4. The monoisotopic (exact) mass is 148 g/mol. The zero-order valence-electron chi connectivity index (χ0n) is 6.88. The van der Waals surface area contributed by atoms with Crippen LogP contribution in [0.25, 0.3) is 0 Å². The third kappa shape index (κ3) is 5.37. The molecule has 0 saturated heterocycles. The molecule has 0 spiro atoms. The van der Waals surface area contributed by atoms with Crippen molar-refractivity contribution in [1.82, 2.24) is 0 Å². The number of methoxy groups -OCH3 is 1. The molecule has 10 heavy (non-hydrogen) atoms. The summed E-state index contributed by atoms with van der Waals surface area (Å²) in [7, 11) is 7.05. The summed E-state index contributed by atoms with van der Waals surface area (Å²) in [5.41, 5.74) is 0. The molecule has 0 aromatic carbocycles. The summed E-state index contributed by atoms with van der Waals surface area (Å²) in [5.74, 6) is 0. The molecule has 4 nitrogen and oxygen atoms in total. The lowest BCUT2D eigenvalue weighted by molar-refractivity contribution is -0.888. The van der Waals surface area contributed by atoms with E-state index in [0.717, 1.165) is 0 Å². The average Bonchev–Trinajstić information content (AvgIpc) is 1.81. The minimum absolute atomic E-state index is 0.326. The van der Waals surface area contributed by atoms with E-state index in [-0.39, 0.29) is 0 Å². The van der Waals surface area contributed by atoms with Gasteiger partial charge in [0.25, 0.3) is 0 Å². The van der Waals surface area contributed by atoms with Crippen LogP contribution < -0.4 is 0 Å². The highest BCUT2D eigenvalue weighted by Gasteiger charge is 2.10. The third-order valence-electron chi connectivity index (χ3n) is 0.736. The molecule has 0 N–H and O–H groups in total. The van der Waals surface area contributed by atoms with E-state index in [1.165, 1.54) is 7.11 Å². The van der Waals surface area contributed by atoms with E-state index >= 15 is 0 Å². The first kappa shape index (κ1) is 9.23. The van der Waals surface area contributed by atoms with Gasteiger partial charge < -0.3 is 9.47 Å². The molecule has 0 atom stereocenters. The molecule has 0 saturated carbocycles. The Hall–Kier alpha value is -0.770. The van der Waals surface area contributed by atoms with Crippen LogP contribution in [0.3, 0.4) is 0 Å². The van der Waals surface area contributed by atoms with Gasteiger partial charge in [-0.15, -0.1) is 0 Å². The molecule has 0 amide bonds. The molecule has 0 aliphatic carbocycles. The van der Waals surface area contributed by atoms with Gasteiger partial charge in [-0.25, -0.2) is 4.79 Å². The Kier molecular flexibility index (Phi) is 3.15. The molecule has 0 aromatic rings. The van der Waals surface area contributed by atoms with Gasteiger partial charge in [-0.1, -0.05) is 0 Å². The van der Waals surface area contributed by atoms with E-state index < -0.39 is 6.16 Å². The lowest BCUT2D eigenvalue weighted by Gasteiger charge is -2.21. The van der Waals surface area contributed by atoms with E-state index in [1.54, 1.807) is 0 Å². The highest BCUT2D eigenvalue weighted by atomic mass is 16.7. The normalized spacial score (nSPS) is 10.8. The SMILES string of the molecule is COC(=O)OC[N+](C)(C)C. The molecular weight excluding hydrogens is 134 g/mol. The average molecular weight is 148 g/mol. The largest absolute Gasteiger partial charge is 0.512 e. The summed E-state index contributed by atoms with van der Waals surface area (Å²) in [6.07, 6.45) is -0.631. The van der Waals surface area contributed by atoms with Crippen molar-refractivity contribution in [2.24, 2.45) is 0 Å². The summed E-state index contributed by atoms with van der Waals surface area (Å²) in [4.78, 5) is 10.4. The van der Waals surface area contributed by atoms with Gasteiger partial charge in [-0.3, -0.25) is 4.48 Å². The van der Waals surface area contributed by atoms with Crippen LogP contribution in [0.15, 0.2) is 0 Å². The van der Waals surface area contributed by atoms with Crippen LogP contribution in [0.4, 0.5) is 4.79 Å². The molecule has 60 valence electrons. The first-order valence-electron chi connectivity index (χ1n) is 2.97. The van der Waals surface area contributed by atoms with Crippen molar-refractivity contribution in [2.45, 2.75) is 0 Å². The fourth-order valence-electron chi connectivity index (χ4n) is 0.305. The van der Waals surface area contributed by atoms with Gasteiger partial charge in [0.15, 0.2) is 0 Å². The second kappa shape index (κ2) is 3.41. The van der Waals surface area contributed by atoms with Crippen molar-refractivity contribution in [3.05, 3.63) is 0 Å². The van der Waals surface area contributed by atoms with E-state index in [4.69, 9.17) is 0 Å². The van der Waals surface area contributed by atoms with E-state index in [9.17, 15) is 4.79 Å². The van der Waals surface area contributed by atoms with Gasteiger partial charge in [0, 0.05) is 0 Å². The lowest BCUT2D eigenvalue weighted by atomic mass is 10.7. The van der Waals surface area contributed by atoms with Crippen LogP contribution in [0.5, 0.6) is 0 Å². The van der Waals surface area contributed by atoms with Crippen LogP contribution in [0.1, 0.15) is 0 Å². The number of nitrogens with zero attached hydrogens (tertiary/aromatic N) is 1. The minimum atomic E-state index is -0.631. The number of hydrogen-bond donors (Lipinski definition) is 0. The fraction of sp³-hybridized carbons (Fsp3) is 0.833. The van der Waals surface area contributed by atoms with E-state index in [2.05, 4.69) is 9.47 Å². The number of hydrogen-bond acceptors (Lipinski definition) is 3. The van der Waals surface area contributed by atoms with E-state index in [1.807, 2.05) is 21.1 Å². The lowest BCUT2D eigenvalue weighted by Crippen LogP contribution is -2.37. The Bertz CT molecular complexity index is 117. The van der Waals surface area contributed by atoms with Crippen molar-refractivity contribution < 1.29 is 18.8 Å². The smallest absolute Gasteiger partial charge is 0.437 e. The predicted octanol–water partition coefficient (Wildman–Crippen LogP) is 0.433. The molecule has 0 aliphatic rings. The van der Waals surface area contributed by atoms with Gasteiger partial charge >= 0.3 is 6.16 Å². The van der Waals surface area contributed by atoms with E-state index in [0.29, 0.717) is 11.2 Å². The maximum Gasteiger partial charge on any atom is 0.512 e. The Morgan fingerprint density at radius 1 is 1.40 bits per heavy atom. The molecule has 0 aromatic heterocycles. The zero-order chi connectivity index (χ0) is 8.20.